The molecule has 6 heteroatoms. The van der Waals surface area contributed by atoms with E-state index in [4.69, 9.17) is 4.74 Å². The summed E-state index contributed by atoms with van der Waals surface area (Å²) in [7, 11) is 1.64. The number of nitrogens with one attached hydrogen (secondary N) is 1. The molecule has 1 aliphatic heterocycles. The van der Waals surface area contributed by atoms with Crippen molar-refractivity contribution in [2.45, 2.75) is 19.4 Å². The van der Waals surface area contributed by atoms with E-state index in [1.54, 1.807) is 7.11 Å². The Labute approximate surface area is 176 Å². The van der Waals surface area contributed by atoms with Crippen LogP contribution in [0.3, 0.4) is 0 Å². The first-order chi connectivity index (χ1) is 14.7. The van der Waals surface area contributed by atoms with Crippen molar-refractivity contribution in [3.63, 3.8) is 0 Å². The van der Waals surface area contributed by atoms with Crippen LogP contribution in [0.1, 0.15) is 18.4 Å². The summed E-state index contributed by atoms with van der Waals surface area (Å²) in [5.74, 6) is 1.66. The van der Waals surface area contributed by atoms with E-state index >= 15 is 0 Å². The first-order valence-electron chi connectivity index (χ1n) is 10.3. The molecule has 1 aromatic heterocycles. The molecule has 0 spiro atoms. The van der Waals surface area contributed by atoms with Crippen LogP contribution in [-0.4, -0.2) is 36.1 Å². The molecule has 0 aliphatic carbocycles. The van der Waals surface area contributed by atoms with E-state index in [1.807, 2.05) is 67.0 Å². The van der Waals surface area contributed by atoms with Crippen LogP contribution < -0.4 is 15.0 Å². The standard InChI is InChI=1S/C24H26N4O2/c1-30-22-9-5-6-18(14-22)15-25-23(29)20-10-12-28(13-11-20)24-26-16-21(17-27-24)19-7-3-2-4-8-19/h2-9,14,16-17,20H,10-13,15H2,1H3,(H,25,29). The molecular formula is C24H26N4O2. The van der Waals surface area contributed by atoms with Crippen LogP contribution in [-0.2, 0) is 11.3 Å². The predicted molar refractivity (Wildman–Crippen MR) is 117 cm³/mol. The van der Waals surface area contributed by atoms with Gasteiger partial charge in [0.15, 0.2) is 0 Å². The van der Waals surface area contributed by atoms with Crippen molar-refractivity contribution in [1.29, 1.82) is 0 Å². The van der Waals surface area contributed by atoms with Gasteiger partial charge < -0.3 is 15.0 Å². The normalized spacial score (nSPS) is 14.4. The molecule has 2 heterocycles. The molecule has 1 aliphatic rings. The number of carbonyl (C=O) groups excluding carboxylic acids is 1. The average Bonchev–Trinajstić information content (AvgIpc) is 2.83. The lowest BCUT2D eigenvalue weighted by atomic mass is 9.96. The number of methoxy groups -OCH3 is 1. The second kappa shape index (κ2) is 9.39. The average molecular weight is 402 g/mol. The number of piperidine rings is 1. The second-order valence-electron chi connectivity index (χ2n) is 7.47. The van der Waals surface area contributed by atoms with Crippen molar-refractivity contribution < 1.29 is 9.53 Å². The van der Waals surface area contributed by atoms with Gasteiger partial charge in [0.2, 0.25) is 11.9 Å². The predicted octanol–water partition coefficient (Wildman–Crippen LogP) is 3.69. The van der Waals surface area contributed by atoms with Crippen LogP contribution in [0.4, 0.5) is 5.95 Å². The number of anilines is 1. The Morgan fingerprint density at radius 3 is 2.47 bits per heavy atom. The Kier molecular flexibility index (Phi) is 6.23. The highest BCUT2D eigenvalue weighted by Gasteiger charge is 2.26. The zero-order valence-electron chi connectivity index (χ0n) is 17.1. The molecule has 0 radical (unpaired) electrons. The molecular weight excluding hydrogens is 376 g/mol. The Morgan fingerprint density at radius 2 is 1.77 bits per heavy atom. The highest BCUT2D eigenvalue weighted by molar-refractivity contribution is 5.79. The number of hydrogen-bond donors (Lipinski definition) is 1. The summed E-state index contributed by atoms with van der Waals surface area (Å²) < 4.78 is 5.23. The van der Waals surface area contributed by atoms with Crippen molar-refractivity contribution >= 4 is 11.9 Å². The number of rotatable bonds is 6. The molecule has 30 heavy (non-hydrogen) atoms. The van der Waals surface area contributed by atoms with Crippen LogP contribution in [0, 0.1) is 5.92 Å². The van der Waals surface area contributed by atoms with Crippen molar-refractivity contribution in [3.05, 3.63) is 72.6 Å². The van der Waals surface area contributed by atoms with Gasteiger partial charge in [-0.15, -0.1) is 0 Å². The molecule has 1 N–H and O–H groups in total. The smallest absolute Gasteiger partial charge is 0.225 e. The number of amides is 1. The van der Waals surface area contributed by atoms with E-state index in [2.05, 4.69) is 20.2 Å². The number of benzene rings is 2. The minimum Gasteiger partial charge on any atom is -0.497 e. The van der Waals surface area contributed by atoms with Crippen molar-refractivity contribution in [2.24, 2.45) is 5.92 Å². The second-order valence-corrected chi connectivity index (χ2v) is 7.47. The molecule has 1 amide bonds. The SMILES string of the molecule is COc1cccc(CNC(=O)C2CCN(c3ncc(-c4ccccc4)cn3)CC2)c1. The van der Waals surface area contributed by atoms with Gasteiger partial charge in [-0.1, -0.05) is 42.5 Å². The molecule has 6 nitrogen and oxygen atoms in total. The summed E-state index contributed by atoms with van der Waals surface area (Å²) in [6.07, 6.45) is 5.33. The zero-order chi connectivity index (χ0) is 20.8. The number of nitrogens with zero attached hydrogens (tertiary/aromatic N) is 3. The van der Waals surface area contributed by atoms with Crippen molar-refractivity contribution in [1.82, 2.24) is 15.3 Å². The van der Waals surface area contributed by atoms with Gasteiger partial charge in [0.05, 0.1) is 7.11 Å². The van der Waals surface area contributed by atoms with Crippen LogP contribution in [0.15, 0.2) is 67.0 Å². The van der Waals surface area contributed by atoms with Crippen LogP contribution in [0.2, 0.25) is 0 Å². The number of aromatic nitrogens is 2. The molecule has 0 bridgehead atoms. The van der Waals surface area contributed by atoms with E-state index in [1.165, 1.54) is 0 Å². The maximum absolute atomic E-state index is 12.6. The summed E-state index contributed by atoms with van der Waals surface area (Å²) in [4.78, 5) is 23.8. The number of hydrogen-bond acceptors (Lipinski definition) is 5. The lowest BCUT2D eigenvalue weighted by molar-refractivity contribution is -0.125. The van der Waals surface area contributed by atoms with Gasteiger partial charge in [-0.3, -0.25) is 4.79 Å². The molecule has 4 rings (SSSR count). The van der Waals surface area contributed by atoms with E-state index in [9.17, 15) is 4.79 Å². The molecule has 1 saturated heterocycles. The van der Waals surface area contributed by atoms with Gasteiger partial charge >= 0.3 is 0 Å². The summed E-state index contributed by atoms with van der Waals surface area (Å²) >= 11 is 0. The van der Waals surface area contributed by atoms with Crippen molar-refractivity contribution in [3.8, 4) is 16.9 Å². The Balaban J connectivity index is 1.28. The number of ether oxygens (including phenoxy) is 1. The molecule has 0 atom stereocenters. The zero-order valence-corrected chi connectivity index (χ0v) is 17.1. The molecule has 0 saturated carbocycles. The minimum absolute atomic E-state index is 0.0236. The molecule has 0 unspecified atom stereocenters. The Hall–Kier alpha value is -3.41. The first kappa shape index (κ1) is 19.9. The molecule has 1 fully saturated rings. The Bertz CT molecular complexity index is 968. The van der Waals surface area contributed by atoms with Gasteiger partial charge in [-0.05, 0) is 36.1 Å². The number of carbonyl (C=O) groups is 1. The maximum Gasteiger partial charge on any atom is 0.225 e. The van der Waals surface area contributed by atoms with Gasteiger partial charge in [0, 0.05) is 43.5 Å². The highest BCUT2D eigenvalue weighted by atomic mass is 16.5. The lowest BCUT2D eigenvalue weighted by Gasteiger charge is -2.31. The lowest BCUT2D eigenvalue weighted by Crippen LogP contribution is -2.41. The van der Waals surface area contributed by atoms with Crippen LogP contribution in [0.25, 0.3) is 11.1 Å². The quantitative estimate of drug-likeness (QED) is 0.681. The molecule has 3 aromatic rings. The summed E-state index contributed by atoms with van der Waals surface area (Å²) in [6, 6.07) is 17.9. The third-order valence-electron chi connectivity index (χ3n) is 5.49. The maximum atomic E-state index is 12.6. The van der Waals surface area contributed by atoms with E-state index in [-0.39, 0.29) is 11.8 Å². The van der Waals surface area contributed by atoms with Gasteiger partial charge in [-0.25, -0.2) is 9.97 Å². The van der Waals surface area contributed by atoms with E-state index < -0.39 is 0 Å². The topological polar surface area (TPSA) is 67.3 Å². The first-order valence-corrected chi connectivity index (χ1v) is 10.3. The third kappa shape index (κ3) is 4.76. The monoisotopic (exact) mass is 402 g/mol. The third-order valence-corrected chi connectivity index (χ3v) is 5.49. The molecule has 2 aromatic carbocycles. The fourth-order valence-corrected chi connectivity index (χ4v) is 3.72. The van der Waals surface area contributed by atoms with E-state index in [0.29, 0.717) is 6.54 Å². The van der Waals surface area contributed by atoms with Gasteiger partial charge in [-0.2, -0.15) is 0 Å². The van der Waals surface area contributed by atoms with Crippen LogP contribution >= 0.6 is 0 Å². The fourth-order valence-electron chi connectivity index (χ4n) is 3.72. The minimum atomic E-state index is 0.0236. The highest BCUT2D eigenvalue weighted by Crippen LogP contribution is 2.23. The van der Waals surface area contributed by atoms with E-state index in [0.717, 1.165) is 54.3 Å². The molecule has 154 valence electrons. The van der Waals surface area contributed by atoms with Gasteiger partial charge in [0.1, 0.15) is 5.75 Å². The summed E-state index contributed by atoms with van der Waals surface area (Å²) in [5.41, 5.74) is 3.15. The van der Waals surface area contributed by atoms with Gasteiger partial charge in [0.25, 0.3) is 0 Å². The van der Waals surface area contributed by atoms with Crippen molar-refractivity contribution in [2.75, 3.05) is 25.1 Å². The summed E-state index contributed by atoms with van der Waals surface area (Å²) in [5, 5.41) is 3.06. The fraction of sp³-hybridized carbons (Fsp3) is 0.292. The Morgan fingerprint density at radius 1 is 1.03 bits per heavy atom. The largest absolute Gasteiger partial charge is 0.497 e. The summed E-state index contributed by atoms with van der Waals surface area (Å²) in [6.45, 7) is 2.07. The van der Waals surface area contributed by atoms with Crippen LogP contribution in [0.5, 0.6) is 5.75 Å².